The maximum Gasteiger partial charge on any atom is 0.248 e. The Morgan fingerprint density at radius 2 is 2.00 bits per heavy atom. The monoisotopic (exact) mass is 188 g/mol. The number of primary amides is 1. The molecule has 14 heavy (non-hydrogen) atoms. The van der Waals surface area contributed by atoms with Crippen LogP contribution in [-0.2, 0) is 4.79 Å². The molecule has 0 saturated carbocycles. The second-order valence-electron chi connectivity index (χ2n) is 2.79. The molecule has 0 fully saturated rings. The second-order valence-corrected chi connectivity index (χ2v) is 2.79. The van der Waals surface area contributed by atoms with E-state index in [4.69, 9.17) is 11.5 Å². The van der Waals surface area contributed by atoms with E-state index in [9.17, 15) is 4.79 Å². The summed E-state index contributed by atoms with van der Waals surface area (Å²) < 4.78 is 0. The molecule has 0 aliphatic carbocycles. The van der Waals surface area contributed by atoms with Crippen LogP contribution in [0, 0.1) is 0 Å². The zero-order valence-electron chi connectivity index (χ0n) is 7.73. The van der Waals surface area contributed by atoms with Gasteiger partial charge in [0.1, 0.15) is 0 Å². The van der Waals surface area contributed by atoms with E-state index in [0.29, 0.717) is 11.1 Å². The molecule has 0 heterocycles. The van der Waals surface area contributed by atoms with E-state index in [-0.39, 0.29) is 0 Å². The molecule has 0 spiro atoms. The molecule has 0 aliphatic rings. The smallest absolute Gasteiger partial charge is 0.248 e. The van der Waals surface area contributed by atoms with E-state index in [0.717, 1.165) is 5.56 Å². The van der Waals surface area contributed by atoms with Gasteiger partial charge >= 0.3 is 0 Å². The molecule has 1 aromatic carbocycles. The molecule has 0 bridgehead atoms. The number of hydrogen-bond donors (Lipinski definition) is 2. The Labute approximate surface area is 82.7 Å². The lowest BCUT2D eigenvalue weighted by molar-refractivity contribution is -0.112. The molecule has 72 valence electrons. The maximum absolute atomic E-state index is 10.9. The van der Waals surface area contributed by atoms with Gasteiger partial charge in [0.15, 0.2) is 0 Å². The average Bonchev–Trinajstić information content (AvgIpc) is 2.18. The Hall–Kier alpha value is -2.03. The molecule has 3 nitrogen and oxygen atoms in total. The summed E-state index contributed by atoms with van der Waals surface area (Å²) in [5, 5.41) is 0. The van der Waals surface area contributed by atoms with Crippen LogP contribution < -0.4 is 11.5 Å². The van der Waals surface area contributed by atoms with Crippen molar-refractivity contribution in [1.29, 1.82) is 0 Å². The van der Waals surface area contributed by atoms with Gasteiger partial charge in [0, 0.05) is 5.57 Å². The van der Waals surface area contributed by atoms with Gasteiger partial charge < -0.3 is 11.5 Å². The molecular formula is C11H12N2O. The van der Waals surface area contributed by atoms with Crippen molar-refractivity contribution < 1.29 is 4.79 Å². The summed E-state index contributed by atoms with van der Waals surface area (Å²) in [7, 11) is 0. The van der Waals surface area contributed by atoms with Crippen molar-refractivity contribution in [2.24, 2.45) is 11.5 Å². The highest BCUT2D eigenvalue weighted by Crippen LogP contribution is 2.18. The predicted octanol–water partition coefficient (Wildman–Crippen LogP) is 1.11. The molecule has 0 aromatic heterocycles. The summed E-state index contributed by atoms with van der Waals surface area (Å²) in [6.07, 6.45) is 3.11. The first-order chi connectivity index (χ1) is 6.66. The van der Waals surface area contributed by atoms with E-state index in [1.165, 1.54) is 6.20 Å². The first-order valence-corrected chi connectivity index (χ1v) is 4.13. The van der Waals surface area contributed by atoms with E-state index in [2.05, 4.69) is 6.58 Å². The fourth-order valence-corrected chi connectivity index (χ4v) is 1.15. The normalized spacial score (nSPS) is 10.3. The number of amides is 1. The highest BCUT2D eigenvalue weighted by molar-refractivity contribution is 6.18. The van der Waals surface area contributed by atoms with Crippen molar-refractivity contribution in [3.63, 3.8) is 0 Å². The van der Waals surface area contributed by atoms with E-state index in [1.54, 1.807) is 12.1 Å². The highest BCUT2D eigenvalue weighted by Gasteiger charge is 2.07. The Morgan fingerprint density at radius 1 is 1.36 bits per heavy atom. The lowest BCUT2D eigenvalue weighted by atomic mass is 10.0. The highest BCUT2D eigenvalue weighted by atomic mass is 16.1. The van der Waals surface area contributed by atoms with Crippen LogP contribution in [0.3, 0.4) is 0 Å². The van der Waals surface area contributed by atoms with Crippen molar-refractivity contribution in [3.05, 3.63) is 48.2 Å². The van der Waals surface area contributed by atoms with Crippen LogP contribution in [0.1, 0.15) is 11.1 Å². The van der Waals surface area contributed by atoms with Crippen LogP contribution in [0.4, 0.5) is 0 Å². The van der Waals surface area contributed by atoms with Gasteiger partial charge in [-0.15, -0.1) is 0 Å². The van der Waals surface area contributed by atoms with Crippen LogP contribution in [0.25, 0.3) is 11.6 Å². The van der Waals surface area contributed by atoms with Gasteiger partial charge in [-0.25, -0.2) is 0 Å². The minimum Gasteiger partial charge on any atom is -0.405 e. The molecule has 0 radical (unpaired) electrons. The quantitative estimate of drug-likeness (QED) is 0.698. The first kappa shape index (κ1) is 10.1. The van der Waals surface area contributed by atoms with Gasteiger partial charge in [-0.05, 0) is 23.4 Å². The zero-order chi connectivity index (χ0) is 10.6. The van der Waals surface area contributed by atoms with Gasteiger partial charge in [0.25, 0.3) is 0 Å². The van der Waals surface area contributed by atoms with Crippen molar-refractivity contribution >= 4 is 17.6 Å². The van der Waals surface area contributed by atoms with Gasteiger partial charge in [0.2, 0.25) is 5.91 Å². The topological polar surface area (TPSA) is 69.1 Å². The molecule has 1 aromatic rings. The summed E-state index contributed by atoms with van der Waals surface area (Å²) >= 11 is 0. The SMILES string of the molecule is C=C(C(N)=O)c1ccccc1/C=C\N. The first-order valence-electron chi connectivity index (χ1n) is 4.13. The fourth-order valence-electron chi connectivity index (χ4n) is 1.15. The number of carbonyl (C=O) groups excluding carboxylic acids is 1. The standard InChI is InChI=1S/C11H12N2O/c1-8(11(13)14)10-5-3-2-4-9(10)6-7-12/h2-7H,1,12H2,(H2,13,14)/b7-6-. The van der Waals surface area contributed by atoms with Gasteiger partial charge in [-0.1, -0.05) is 30.8 Å². The second kappa shape index (κ2) is 4.28. The number of carbonyl (C=O) groups is 1. The summed E-state index contributed by atoms with van der Waals surface area (Å²) in [6.45, 7) is 3.62. The summed E-state index contributed by atoms with van der Waals surface area (Å²) in [5.74, 6) is -0.525. The van der Waals surface area contributed by atoms with Gasteiger partial charge in [-0.3, -0.25) is 4.79 Å². The lowest BCUT2D eigenvalue weighted by Crippen LogP contribution is -2.12. The largest absolute Gasteiger partial charge is 0.405 e. The molecule has 0 aliphatic heterocycles. The fraction of sp³-hybridized carbons (Fsp3) is 0. The maximum atomic E-state index is 10.9. The molecule has 0 atom stereocenters. The minimum atomic E-state index is -0.525. The Kier molecular flexibility index (Phi) is 3.07. The summed E-state index contributed by atoms with van der Waals surface area (Å²) in [4.78, 5) is 10.9. The van der Waals surface area contributed by atoms with Gasteiger partial charge in [-0.2, -0.15) is 0 Å². The summed E-state index contributed by atoms with van der Waals surface area (Å²) in [6, 6.07) is 7.29. The molecule has 4 N–H and O–H groups in total. The minimum absolute atomic E-state index is 0.290. The summed E-state index contributed by atoms with van der Waals surface area (Å²) in [5.41, 5.74) is 12.3. The van der Waals surface area contributed by atoms with E-state index >= 15 is 0 Å². The van der Waals surface area contributed by atoms with E-state index in [1.807, 2.05) is 18.2 Å². The van der Waals surface area contributed by atoms with Crippen LogP contribution in [0.15, 0.2) is 37.0 Å². The average molecular weight is 188 g/mol. The third kappa shape index (κ3) is 2.01. The number of hydrogen-bond acceptors (Lipinski definition) is 2. The lowest BCUT2D eigenvalue weighted by Gasteiger charge is -2.05. The third-order valence-electron chi connectivity index (χ3n) is 1.86. The molecule has 1 rings (SSSR count). The van der Waals surface area contributed by atoms with Crippen LogP contribution >= 0.6 is 0 Å². The zero-order valence-corrected chi connectivity index (χ0v) is 7.73. The number of nitrogens with two attached hydrogens (primary N) is 2. The van der Waals surface area contributed by atoms with Crippen LogP contribution in [0.2, 0.25) is 0 Å². The molecular weight excluding hydrogens is 176 g/mol. The van der Waals surface area contributed by atoms with Crippen molar-refractivity contribution in [3.8, 4) is 0 Å². The number of benzene rings is 1. The Balaban J connectivity index is 3.19. The predicted molar refractivity (Wildman–Crippen MR) is 57.9 cm³/mol. The van der Waals surface area contributed by atoms with Crippen LogP contribution in [0.5, 0.6) is 0 Å². The van der Waals surface area contributed by atoms with Crippen LogP contribution in [-0.4, -0.2) is 5.91 Å². The molecule has 0 saturated heterocycles. The number of rotatable bonds is 3. The van der Waals surface area contributed by atoms with E-state index < -0.39 is 5.91 Å². The molecule has 1 amide bonds. The third-order valence-corrected chi connectivity index (χ3v) is 1.86. The molecule has 0 unspecified atom stereocenters. The van der Waals surface area contributed by atoms with Crippen molar-refractivity contribution in [2.45, 2.75) is 0 Å². The Bertz CT molecular complexity index is 394. The molecule has 3 heteroatoms. The van der Waals surface area contributed by atoms with Crippen molar-refractivity contribution in [2.75, 3.05) is 0 Å². The van der Waals surface area contributed by atoms with Gasteiger partial charge in [0.05, 0.1) is 0 Å². The van der Waals surface area contributed by atoms with Crippen molar-refractivity contribution in [1.82, 2.24) is 0 Å². The Morgan fingerprint density at radius 3 is 2.57 bits per heavy atom.